The zero-order valence-corrected chi connectivity index (χ0v) is 24.1. The van der Waals surface area contributed by atoms with Crippen LogP contribution in [0.3, 0.4) is 0 Å². The van der Waals surface area contributed by atoms with Gasteiger partial charge >= 0.3 is 160 Å². The minimum Gasteiger partial charge on any atom is -0.147 e. The second kappa shape index (κ2) is 8.56. The summed E-state index contributed by atoms with van der Waals surface area (Å²) >= 11 is -1.86. The fourth-order valence-corrected chi connectivity index (χ4v) is 29.2. The van der Waals surface area contributed by atoms with Crippen LogP contribution in [0.2, 0.25) is 13.1 Å². The second-order valence-corrected chi connectivity index (χ2v) is 28.1. The Kier molecular flexibility index (Phi) is 8.77. The van der Waals surface area contributed by atoms with Crippen molar-refractivity contribution < 1.29 is 20.9 Å². The van der Waals surface area contributed by atoms with Gasteiger partial charge in [0.05, 0.1) is 0 Å². The smallest absolute Gasteiger partial charge is 0.147 e. The van der Waals surface area contributed by atoms with Gasteiger partial charge in [0, 0.05) is 0 Å². The summed E-state index contributed by atoms with van der Waals surface area (Å²) in [5.74, 6) is -0.715. The van der Waals surface area contributed by atoms with E-state index in [1.807, 2.05) is 6.56 Å². The zero-order chi connectivity index (χ0) is 18.8. The van der Waals surface area contributed by atoms with Crippen molar-refractivity contribution in [3.63, 3.8) is 0 Å². The van der Waals surface area contributed by atoms with Gasteiger partial charge in [0.1, 0.15) is 0 Å². The quantitative estimate of drug-likeness (QED) is 0.353. The molecule has 0 atom stereocenters. The third-order valence-corrected chi connectivity index (χ3v) is 27.9. The van der Waals surface area contributed by atoms with Crippen molar-refractivity contribution in [2.75, 3.05) is 0 Å². The zero-order valence-electron chi connectivity index (χ0n) is 18.9. The first-order valence-corrected chi connectivity index (χ1v) is 19.0. The van der Waals surface area contributed by atoms with Crippen LogP contribution in [0.5, 0.6) is 0 Å². The molecule has 0 bridgehead atoms. The van der Waals surface area contributed by atoms with Gasteiger partial charge in [0.2, 0.25) is 0 Å². The molecule has 0 aromatic rings. The second-order valence-electron chi connectivity index (χ2n) is 9.32. The van der Waals surface area contributed by atoms with E-state index in [0.29, 0.717) is 0 Å². The van der Waals surface area contributed by atoms with Crippen molar-refractivity contribution in [1.82, 2.24) is 0 Å². The standard InChI is InChI=1S/2C10H15.C2H7Si.2ClH.Zr/c2*1-7-6-10(4,5)9(3)8(7)2;1-3-2;;;/h2*1-5H3;3H,1-2H3;2*1H;. The molecule has 0 fully saturated rings. The van der Waals surface area contributed by atoms with Crippen molar-refractivity contribution in [2.45, 2.75) is 82.3 Å². The molecule has 0 aromatic carbocycles. The topological polar surface area (TPSA) is 0 Å². The normalized spacial score (nSPS) is 21.6. The predicted octanol–water partition coefficient (Wildman–Crippen LogP) is 7.73. The van der Waals surface area contributed by atoms with Crippen LogP contribution in [0.25, 0.3) is 0 Å². The van der Waals surface area contributed by atoms with E-state index in [0.717, 1.165) is 0 Å². The average molecular weight is 494 g/mol. The Hall–Kier alpha value is 0.640. The fourth-order valence-electron chi connectivity index (χ4n) is 4.97. The summed E-state index contributed by atoms with van der Waals surface area (Å²) in [6, 6.07) is 0. The van der Waals surface area contributed by atoms with E-state index in [1.54, 1.807) is 33.4 Å². The van der Waals surface area contributed by atoms with Crippen LogP contribution in [-0.4, -0.2) is 5.92 Å². The number of halogens is 2. The molecule has 4 heteroatoms. The van der Waals surface area contributed by atoms with Gasteiger partial charge in [-0.15, -0.1) is 24.8 Å². The predicted molar refractivity (Wildman–Crippen MR) is 123 cm³/mol. The fraction of sp³-hybridized carbons (Fsp3) is 0.636. The maximum absolute atomic E-state index is 2.63. The molecule has 0 amide bonds. The summed E-state index contributed by atoms with van der Waals surface area (Å²) in [5.41, 5.74) is 10.3. The summed E-state index contributed by atoms with van der Waals surface area (Å²) in [7, 11) is 0. The maximum Gasteiger partial charge on any atom is -0.147 e. The van der Waals surface area contributed by atoms with Crippen LogP contribution in [-0.2, 0) is 20.9 Å². The molecular weight excluding hydrogens is 454 g/mol. The molecule has 2 rings (SSSR count). The average Bonchev–Trinajstić information content (AvgIpc) is 2.71. The van der Waals surface area contributed by atoms with Crippen LogP contribution in [0.4, 0.5) is 0 Å². The summed E-state index contributed by atoms with van der Waals surface area (Å²) in [6.07, 6.45) is 0. The SMILES string of the molecule is CC1=C(C)C(C)(C)[C]([Zr]([C]2=C(C)C(C)=C(C)C2(C)C)[SiH](C)C)=C1C.Cl.Cl. The Balaban J connectivity index is 0.00000312. The Labute approximate surface area is 183 Å². The van der Waals surface area contributed by atoms with Gasteiger partial charge in [0.15, 0.2) is 0 Å². The van der Waals surface area contributed by atoms with Gasteiger partial charge in [-0.05, 0) is 0 Å². The molecule has 26 heavy (non-hydrogen) atoms. The van der Waals surface area contributed by atoms with Crippen LogP contribution in [0.15, 0.2) is 40.0 Å². The van der Waals surface area contributed by atoms with E-state index >= 15 is 0 Å². The molecule has 0 radical (unpaired) electrons. The van der Waals surface area contributed by atoms with Crippen LogP contribution < -0.4 is 0 Å². The van der Waals surface area contributed by atoms with E-state index in [-0.39, 0.29) is 35.6 Å². The van der Waals surface area contributed by atoms with Crippen molar-refractivity contribution in [3.05, 3.63) is 40.0 Å². The molecule has 0 saturated heterocycles. The van der Waals surface area contributed by atoms with Crippen LogP contribution >= 0.6 is 24.8 Å². The van der Waals surface area contributed by atoms with Gasteiger partial charge in [-0.25, -0.2) is 0 Å². The molecule has 2 aliphatic rings. The van der Waals surface area contributed by atoms with E-state index < -0.39 is 26.8 Å². The summed E-state index contributed by atoms with van der Waals surface area (Å²) in [5, 5.41) is 0. The van der Waals surface area contributed by atoms with Crippen molar-refractivity contribution >= 4 is 30.7 Å². The summed E-state index contributed by atoms with van der Waals surface area (Å²) < 4.78 is 3.85. The van der Waals surface area contributed by atoms with Crippen molar-refractivity contribution in [3.8, 4) is 0 Å². The molecule has 0 aliphatic heterocycles. The Bertz CT molecular complexity index is 660. The molecule has 0 nitrogen and oxygen atoms in total. The largest absolute Gasteiger partial charge is 0.147 e. The van der Waals surface area contributed by atoms with E-state index in [9.17, 15) is 0 Å². The van der Waals surface area contributed by atoms with Gasteiger partial charge in [0.25, 0.3) is 0 Å². The molecular formula is C22H39Cl2SiZr. The molecule has 0 heterocycles. The first-order chi connectivity index (χ1) is 10.8. The molecule has 0 spiro atoms. The van der Waals surface area contributed by atoms with Crippen LogP contribution in [0, 0.1) is 10.8 Å². The number of allylic oxidation sites excluding steroid dienone is 8. The Morgan fingerprint density at radius 3 is 1.00 bits per heavy atom. The number of hydrogen-bond acceptors (Lipinski definition) is 0. The van der Waals surface area contributed by atoms with E-state index in [4.69, 9.17) is 0 Å². The third-order valence-electron chi connectivity index (χ3n) is 7.24. The molecule has 149 valence electrons. The number of hydrogen-bond donors (Lipinski definition) is 0. The first kappa shape index (κ1) is 26.6. The van der Waals surface area contributed by atoms with Gasteiger partial charge in [-0.1, -0.05) is 0 Å². The van der Waals surface area contributed by atoms with E-state index in [2.05, 4.69) is 82.3 Å². The van der Waals surface area contributed by atoms with E-state index in [1.165, 1.54) is 0 Å². The molecule has 2 aliphatic carbocycles. The third kappa shape index (κ3) is 3.74. The van der Waals surface area contributed by atoms with Crippen molar-refractivity contribution in [2.24, 2.45) is 10.8 Å². The minimum absolute atomic E-state index is 0. The van der Waals surface area contributed by atoms with Crippen molar-refractivity contribution in [1.29, 1.82) is 0 Å². The molecule has 0 unspecified atom stereocenters. The van der Waals surface area contributed by atoms with Gasteiger partial charge < -0.3 is 0 Å². The molecule has 0 aromatic heterocycles. The van der Waals surface area contributed by atoms with Gasteiger partial charge in [-0.3, -0.25) is 0 Å². The maximum atomic E-state index is 2.63. The molecule has 0 N–H and O–H groups in total. The monoisotopic (exact) mass is 491 g/mol. The van der Waals surface area contributed by atoms with Gasteiger partial charge in [-0.2, -0.15) is 0 Å². The summed E-state index contributed by atoms with van der Waals surface area (Å²) in [4.78, 5) is 0. The number of rotatable bonds is 3. The Morgan fingerprint density at radius 2 is 0.846 bits per heavy atom. The van der Waals surface area contributed by atoms with Crippen LogP contribution in [0.1, 0.15) is 69.2 Å². The minimum atomic E-state index is -1.86. The first-order valence-electron chi connectivity index (χ1n) is 9.44. The summed E-state index contributed by atoms with van der Waals surface area (Å²) in [6.45, 7) is 29.6. The Morgan fingerprint density at radius 1 is 0.577 bits per heavy atom. The molecule has 0 saturated carbocycles.